The lowest BCUT2D eigenvalue weighted by Crippen LogP contribution is -2.46. The third kappa shape index (κ3) is 4.31. The van der Waals surface area contributed by atoms with E-state index in [1.54, 1.807) is 0 Å². The van der Waals surface area contributed by atoms with Gasteiger partial charge in [-0.2, -0.15) is 0 Å². The van der Waals surface area contributed by atoms with Gasteiger partial charge < -0.3 is 10.2 Å². The molecule has 1 aliphatic rings. The van der Waals surface area contributed by atoms with Gasteiger partial charge in [0.2, 0.25) is 5.91 Å². The van der Waals surface area contributed by atoms with Crippen molar-refractivity contribution in [2.75, 3.05) is 13.1 Å². The molecule has 0 aromatic heterocycles. The van der Waals surface area contributed by atoms with Gasteiger partial charge in [-0.25, -0.2) is 0 Å². The van der Waals surface area contributed by atoms with Crippen LogP contribution >= 0.6 is 0 Å². The van der Waals surface area contributed by atoms with Gasteiger partial charge in [-0.15, -0.1) is 0 Å². The highest BCUT2D eigenvalue weighted by Gasteiger charge is 2.23. The van der Waals surface area contributed by atoms with E-state index in [1.807, 2.05) is 43.0 Å². The predicted octanol–water partition coefficient (Wildman–Crippen LogP) is 2.52. The molecule has 0 radical (unpaired) electrons. The van der Waals surface area contributed by atoms with Gasteiger partial charge in [-0.3, -0.25) is 9.59 Å². The Morgan fingerprint density at radius 3 is 2.38 bits per heavy atom. The second-order valence-corrected chi connectivity index (χ2v) is 5.74. The molecule has 4 heteroatoms. The summed E-state index contributed by atoms with van der Waals surface area (Å²) >= 11 is 0. The number of benzene rings is 1. The molecule has 0 atom stereocenters. The molecular formula is C17H24N2O2. The number of nitrogens with zero attached hydrogens (tertiary/aromatic N) is 1. The molecule has 0 unspecified atom stereocenters. The van der Waals surface area contributed by atoms with Gasteiger partial charge in [-0.05, 0) is 38.3 Å². The number of hydrogen-bond donors (Lipinski definition) is 1. The van der Waals surface area contributed by atoms with Crippen LogP contribution in [0.3, 0.4) is 0 Å². The van der Waals surface area contributed by atoms with Crippen molar-refractivity contribution in [3.63, 3.8) is 0 Å². The molecule has 4 nitrogen and oxygen atoms in total. The summed E-state index contributed by atoms with van der Waals surface area (Å²) in [5, 5.41) is 3.07. The normalized spacial score (nSPS) is 15.8. The number of likely N-dealkylation sites (tertiary alicyclic amines) is 1. The Kier molecular flexibility index (Phi) is 5.37. The summed E-state index contributed by atoms with van der Waals surface area (Å²) < 4.78 is 0. The van der Waals surface area contributed by atoms with Gasteiger partial charge in [0.25, 0.3) is 5.91 Å². The second-order valence-electron chi connectivity index (χ2n) is 5.74. The van der Waals surface area contributed by atoms with Crippen LogP contribution in [-0.2, 0) is 4.79 Å². The number of amides is 2. The Bertz CT molecular complexity index is 488. The monoisotopic (exact) mass is 288 g/mol. The van der Waals surface area contributed by atoms with Crippen LogP contribution in [-0.4, -0.2) is 35.8 Å². The van der Waals surface area contributed by atoms with Crippen molar-refractivity contribution < 1.29 is 9.59 Å². The minimum atomic E-state index is -0.0201. The van der Waals surface area contributed by atoms with Crippen molar-refractivity contribution in [2.24, 2.45) is 0 Å². The third-order valence-electron chi connectivity index (χ3n) is 3.96. The SMILES string of the molecule is CCCC(=O)N1CCC(NC(=O)c2ccc(C)cc2)CC1. The fourth-order valence-corrected chi connectivity index (χ4v) is 2.62. The Labute approximate surface area is 126 Å². The molecule has 1 aromatic rings. The minimum Gasteiger partial charge on any atom is -0.349 e. The van der Waals surface area contributed by atoms with E-state index >= 15 is 0 Å². The van der Waals surface area contributed by atoms with Gasteiger partial charge in [-0.1, -0.05) is 24.6 Å². The molecular weight excluding hydrogens is 264 g/mol. The fraction of sp³-hybridized carbons (Fsp3) is 0.529. The van der Waals surface area contributed by atoms with Crippen LogP contribution in [0.4, 0.5) is 0 Å². The van der Waals surface area contributed by atoms with E-state index in [0.717, 1.165) is 37.9 Å². The summed E-state index contributed by atoms with van der Waals surface area (Å²) in [6.07, 6.45) is 3.20. The first-order valence-corrected chi connectivity index (χ1v) is 7.75. The number of hydrogen-bond acceptors (Lipinski definition) is 2. The molecule has 1 saturated heterocycles. The largest absolute Gasteiger partial charge is 0.349 e. The molecule has 0 bridgehead atoms. The van der Waals surface area contributed by atoms with E-state index in [1.165, 1.54) is 0 Å². The number of piperidine rings is 1. The van der Waals surface area contributed by atoms with Crippen molar-refractivity contribution >= 4 is 11.8 Å². The number of rotatable bonds is 4. The van der Waals surface area contributed by atoms with E-state index < -0.39 is 0 Å². The smallest absolute Gasteiger partial charge is 0.251 e. The second kappa shape index (κ2) is 7.25. The first-order chi connectivity index (χ1) is 10.1. The number of carbonyl (C=O) groups is 2. The molecule has 1 aliphatic heterocycles. The van der Waals surface area contributed by atoms with Crippen molar-refractivity contribution in [2.45, 2.75) is 45.6 Å². The van der Waals surface area contributed by atoms with Gasteiger partial charge in [0.15, 0.2) is 0 Å². The van der Waals surface area contributed by atoms with E-state index in [2.05, 4.69) is 5.32 Å². The summed E-state index contributed by atoms with van der Waals surface area (Å²) in [7, 11) is 0. The summed E-state index contributed by atoms with van der Waals surface area (Å²) in [6, 6.07) is 7.77. The van der Waals surface area contributed by atoms with Crippen LogP contribution in [0.1, 0.15) is 48.5 Å². The van der Waals surface area contributed by atoms with E-state index in [0.29, 0.717) is 12.0 Å². The zero-order chi connectivity index (χ0) is 15.2. The molecule has 2 rings (SSSR count). The molecule has 1 N–H and O–H groups in total. The maximum absolute atomic E-state index is 12.2. The molecule has 114 valence electrons. The molecule has 0 aliphatic carbocycles. The topological polar surface area (TPSA) is 49.4 Å². The summed E-state index contributed by atoms with van der Waals surface area (Å²) in [5.74, 6) is 0.217. The Morgan fingerprint density at radius 2 is 1.81 bits per heavy atom. The lowest BCUT2D eigenvalue weighted by Gasteiger charge is -2.32. The maximum atomic E-state index is 12.2. The average Bonchev–Trinajstić information content (AvgIpc) is 2.49. The standard InChI is InChI=1S/C17H24N2O2/c1-3-4-16(20)19-11-9-15(10-12-19)18-17(21)14-7-5-13(2)6-8-14/h5-8,15H,3-4,9-12H2,1-2H3,(H,18,21). The molecule has 21 heavy (non-hydrogen) atoms. The first-order valence-electron chi connectivity index (χ1n) is 7.75. The molecule has 2 amide bonds. The molecule has 0 saturated carbocycles. The molecule has 1 heterocycles. The van der Waals surface area contributed by atoms with E-state index in [9.17, 15) is 9.59 Å². The van der Waals surface area contributed by atoms with Gasteiger partial charge in [0.1, 0.15) is 0 Å². The lowest BCUT2D eigenvalue weighted by atomic mass is 10.0. The van der Waals surface area contributed by atoms with Crippen LogP contribution in [0.15, 0.2) is 24.3 Å². The Hall–Kier alpha value is -1.84. The van der Waals surface area contributed by atoms with Crippen LogP contribution in [0.5, 0.6) is 0 Å². The van der Waals surface area contributed by atoms with Gasteiger partial charge >= 0.3 is 0 Å². The van der Waals surface area contributed by atoms with Crippen molar-refractivity contribution in [1.82, 2.24) is 10.2 Å². The van der Waals surface area contributed by atoms with Crippen molar-refractivity contribution in [1.29, 1.82) is 0 Å². The Morgan fingerprint density at radius 1 is 1.19 bits per heavy atom. The van der Waals surface area contributed by atoms with Gasteiger partial charge in [0.05, 0.1) is 0 Å². The molecule has 1 fully saturated rings. The number of carbonyl (C=O) groups excluding carboxylic acids is 2. The zero-order valence-electron chi connectivity index (χ0n) is 12.9. The lowest BCUT2D eigenvalue weighted by molar-refractivity contribution is -0.132. The predicted molar refractivity (Wildman–Crippen MR) is 83.2 cm³/mol. The summed E-state index contributed by atoms with van der Waals surface area (Å²) in [5.41, 5.74) is 1.85. The fourth-order valence-electron chi connectivity index (χ4n) is 2.62. The first kappa shape index (κ1) is 15.5. The number of nitrogens with one attached hydrogen (secondary N) is 1. The summed E-state index contributed by atoms with van der Waals surface area (Å²) in [6.45, 7) is 5.52. The average molecular weight is 288 g/mol. The third-order valence-corrected chi connectivity index (χ3v) is 3.96. The van der Waals surface area contributed by atoms with Crippen LogP contribution in [0.25, 0.3) is 0 Å². The minimum absolute atomic E-state index is 0.0201. The number of aryl methyl sites for hydroxylation is 1. The zero-order valence-corrected chi connectivity index (χ0v) is 12.9. The van der Waals surface area contributed by atoms with Crippen molar-refractivity contribution in [3.8, 4) is 0 Å². The highest BCUT2D eigenvalue weighted by molar-refractivity contribution is 5.94. The molecule has 0 spiro atoms. The summed E-state index contributed by atoms with van der Waals surface area (Å²) in [4.78, 5) is 25.9. The van der Waals surface area contributed by atoms with Crippen molar-refractivity contribution in [3.05, 3.63) is 35.4 Å². The maximum Gasteiger partial charge on any atom is 0.251 e. The highest BCUT2D eigenvalue weighted by atomic mass is 16.2. The van der Waals surface area contributed by atoms with Crippen LogP contribution in [0.2, 0.25) is 0 Å². The Balaban J connectivity index is 1.82. The van der Waals surface area contributed by atoms with Crippen LogP contribution in [0, 0.1) is 6.92 Å². The quantitative estimate of drug-likeness (QED) is 0.925. The van der Waals surface area contributed by atoms with Crippen LogP contribution < -0.4 is 5.32 Å². The van der Waals surface area contributed by atoms with Gasteiger partial charge in [0, 0.05) is 31.1 Å². The van der Waals surface area contributed by atoms with E-state index in [-0.39, 0.29) is 17.9 Å². The molecule has 1 aromatic carbocycles. The van der Waals surface area contributed by atoms with E-state index in [4.69, 9.17) is 0 Å². The highest BCUT2D eigenvalue weighted by Crippen LogP contribution is 2.13.